The van der Waals surface area contributed by atoms with Crippen LogP contribution >= 0.6 is 11.6 Å². The topological polar surface area (TPSA) is 42.0 Å². The molecule has 15 heavy (non-hydrogen) atoms. The van der Waals surface area contributed by atoms with Crippen LogP contribution in [0, 0.1) is 12.3 Å². The Balaban J connectivity index is 2.66. The second-order valence-electron chi connectivity index (χ2n) is 3.15. The third-order valence-corrected chi connectivity index (χ3v) is 2.00. The normalized spacial score (nSPS) is 11.5. The van der Waals surface area contributed by atoms with Gasteiger partial charge in [-0.1, -0.05) is 11.6 Å². The molecule has 0 aliphatic heterocycles. The first-order valence-electron chi connectivity index (χ1n) is 4.49. The summed E-state index contributed by atoms with van der Waals surface area (Å²) in [5.41, 5.74) is 0.485. The molecule has 0 saturated carbocycles. The highest BCUT2D eigenvalue weighted by molar-refractivity contribution is 6.29. The van der Waals surface area contributed by atoms with Crippen molar-refractivity contribution < 1.29 is 4.79 Å². The van der Waals surface area contributed by atoms with E-state index < -0.39 is 0 Å². The van der Waals surface area contributed by atoms with Gasteiger partial charge < -0.3 is 5.32 Å². The standard InChI is InChI=1S/C11H11ClN2O/c1-3-4-8(2)14-11(15)9-5-6-13-10(12)7-9/h1,5-8H,4H2,2H3,(H,14,15). The summed E-state index contributed by atoms with van der Waals surface area (Å²) in [4.78, 5) is 15.4. The number of terminal acetylenes is 1. The Kier molecular flexibility index (Phi) is 4.14. The summed E-state index contributed by atoms with van der Waals surface area (Å²) in [6, 6.07) is 3.07. The minimum absolute atomic E-state index is 0.0468. The van der Waals surface area contributed by atoms with Gasteiger partial charge in [0.2, 0.25) is 0 Å². The SMILES string of the molecule is C#CCC(C)NC(=O)c1ccnc(Cl)c1. The average Bonchev–Trinajstić information content (AvgIpc) is 2.18. The summed E-state index contributed by atoms with van der Waals surface area (Å²) in [6.07, 6.45) is 7.13. The van der Waals surface area contributed by atoms with Crippen LogP contribution in [0.5, 0.6) is 0 Å². The lowest BCUT2D eigenvalue weighted by atomic mass is 10.2. The van der Waals surface area contributed by atoms with Crippen molar-refractivity contribution in [1.82, 2.24) is 10.3 Å². The molecule has 1 aromatic heterocycles. The Bertz CT molecular complexity index is 398. The molecule has 1 rings (SSSR count). The molecule has 1 N–H and O–H groups in total. The quantitative estimate of drug-likeness (QED) is 0.627. The van der Waals surface area contributed by atoms with Crippen LogP contribution in [0.15, 0.2) is 18.3 Å². The molecule has 0 radical (unpaired) electrons. The zero-order chi connectivity index (χ0) is 11.3. The number of carbonyl (C=O) groups excluding carboxylic acids is 1. The Hall–Kier alpha value is -1.53. The molecule has 1 heterocycles. The summed E-state index contributed by atoms with van der Waals surface area (Å²) in [7, 11) is 0. The zero-order valence-electron chi connectivity index (χ0n) is 8.33. The molecule has 1 unspecified atom stereocenters. The summed E-state index contributed by atoms with van der Waals surface area (Å²) in [5, 5.41) is 3.05. The van der Waals surface area contributed by atoms with Gasteiger partial charge in [0.1, 0.15) is 5.15 Å². The van der Waals surface area contributed by atoms with E-state index in [1.54, 1.807) is 6.07 Å². The summed E-state index contributed by atoms with van der Waals surface area (Å²) in [6.45, 7) is 1.85. The average molecular weight is 223 g/mol. The van der Waals surface area contributed by atoms with Crippen LogP contribution in [0.2, 0.25) is 5.15 Å². The van der Waals surface area contributed by atoms with Crippen LogP contribution in [-0.2, 0) is 0 Å². The zero-order valence-corrected chi connectivity index (χ0v) is 9.08. The third-order valence-electron chi connectivity index (χ3n) is 1.79. The van der Waals surface area contributed by atoms with Crippen molar-refractivity contribution in [3.8, 4) is 12.3 Å². The maximum absolute atomic E-state index is 11.6. The van der Waals surface area contributed by atoms with Gasteiger partial charge in [-0.05, 0) is 19.1 Å². The number of aromatic nitrogens is 1. The van der Waals surface area contributed by atoms with Gasteiger partial charge in [-0.15, -0.1) is 12.3 Å². The van der Waals surface area contributed by atoms with Crippen molar-refractivity contribution >= 4 is 17.5 Å². The molecule has 0 aliphatic rings. The highest BCUT2D eigenvalue weighted by atomic mass is 35.5. The summed E-state index contributed by atoms with van der Waals surface area (Å²) in [5.74, 6) is 2.29. The molecule has 4 heteroatoms. The first kappa shape index (κ1) is 11.5. The van der Waals surface area contributed by atoms with Crippen LogP contribution in [-0.4, -0.2) is 16.9 Å². The van der Waals surface area contributed by atoms with Crippen molar-refractivity contribution in [1.29, 1.82) is 0 Å². The summed E-state index contributed by atoms with van der Waals surface area (Å²) >= 11 is 5.66. The minimum atomic E-state index is -0.193. The van der Waals surface area contributed by atoms with E-state index in [4.69, 9.17) is 18.0 Å². The number of pyridine rings is 1. The second kappa shape index (κ2) is 5.38. The lowest BCUT2D eigenvalue weighted by Gasteiger charge is -2.10. The lowest BCUT2D eigenvalue weighted by molar-refractivity contribution is 0.0941. The molecule has 78 valence electrons. The van der Waals surface area contributed by atoms with Crippen molar-refractivity contribution in [2.24, 2.45) is 0 Å². The smallest absolute Gasteiger partial charge is 0.251 e. The molecule has 0 spiro atoms. The number of nitrogens with one attached hydrogen (secondary N) is 1. The monoisotopic (exact) mass is 222 g/mol. The molecule has 0 aromatic carbocycles. The van der Waals surface area contributed by atoms with Crippen molar-refractivity contribution in [3.63, 3.8) is 0 Å². The Morgan fingerprint density at radius 1 is 1.80 bits per heavy atom. The van der Waals surface area contributed by atoms with Gasteiger partial charge in [-0.25, -0.2) is 4.98 Å². The molecule has 0 saturated heterocycles. The number of amides is 1. The van der Waals surface area contributed by atoms with Gasteiger partial charge in [0.15, 0.2) is 0 Å². The highest BCUT2D eigenvalue weighted by Gasteiger charge is 2.09. The van der Waals surface area contributed by atoms with E-state index in [1.165, 1.54) is 12.3 Å². The highest BCUT2D eigenvalue weighted by Crippen LogP contribution is 2.07. The van der Waals surface area contributed by atoms with Gasteiger partial charge in [0.25, 0.3) is 5.91 Å². The second-order valence-corrected chi connectivity index (χ2v) is 3.54. The fourth-order valence-electron chi connectivity index (χ4n) is 1.08. The predicted molar refractivity (Wildman–Crippen MR) is 59.6 cm³/mol. The van der Waals surface area contributed by atoms with E-state index in [-0.39, 0.29) is 11.9 Å². The van der Waals surface area contributed by atoms with Crippen LogP contribution in [0.25, 0.3) is 0 Å². The number of hydrogen-bond acceptors (Lipinski definition) is 2. The van der Waals surface area contributed by atoms with Crippen molar-refractivity contribution in [3.05, 3.63) is 29.0 Å². The van der Waals surface area contributed by atoms with Crippen LogP contribution in [0.4, 0.5) is 0 Å². The fraction of sp³-hybridized carbons (Fsp3) is 0.273. The first-order chi connectivity index (χ1) is 7.13. The van der Waals surface area contributed by atoms with Crippen LogP contribution in [0.3, 0.4) is 0 Å². The third kappa shape index (κ3) is 3.61. The van der Waals surface area contributed by atoms with E-state index >= 15 is 0 Å². The summed E-state index contributed by atoms with van der Waals surface area (Å²) < 4.78 is 0. The number of carbonyl (C=O) groups is 1. The van der Waals surface area contributed by atoms with E-state index in [0.717, 1.165) is 0 Å². The van der Waals surface area contributed by atoms with Gasteiger partial charge in [-0.3, -0.25) is 4.79 Å². The number of nitrogens with zero attached hydrogens (tertiary/aromatic N) is 1. The van der Waals surface area contributed by atoms with Crippen LogP contribution < -0.4 is 5.32 Å². The number of halogens is 1. The van der Waals surface area contributed by atoms with Crippen molar-refractivity contribution in [2.75, 3.05) is 0 Å². The molecular formula is C11H11ClN2O. The van der Waals surface area contributed by atoms with E-state index in [1.807, 2.05) is 6.92 Å². The van der Waals surface area contributed by atoms with E-state index in [9.17, 15) is 4.79 Å². The number of hydrogen-bond donors (Lipinski definition) is 1. The lowest BCUT2D eigenvalue weighted by Crippen LogP contribution is -2.32. The Morgan fingerprint density at radius 3 is 3.13 bits per heavy atom. The molecule has 1 aromatic rings. The molecule has 1 amide bonds. The number of rotatable bonds is 3. The van der Waals surface area contributed by atoms with E-state index in [0.29, 0.717) is 17.1 Å². The Labute approximate surface area is 93.9 Å². The first-order valence-corrected chi connectivity index (χ1v) is 4.87. The molecule has 0 aliphatic carbocycles. The molecule has 0 fully saturated rings. The van der Waals surface area contributed by atoms with E-state index in [2.05, 4.69) is 16.2 Å². The van der Waals surface area contributed by atoms with Gasteiger partial charge in [0.05, 0.1) is 0 Å². The van der Waals surface area contributed by atoms with Gasteiger partial charge >= 0.3 is 0 Å². The predicted octanol–water partition coefficient (Wildman–Crippen LogP) is 1.88. The van der Waals surface area contributed by atoms with Crippen molar-refractivity contribution in [2.45, 2.75) is 19.4 Å². The van der Waals surface area contributed by atoms with Gasteiger partial charge in [0, 0.05) is 24.2 Å². The minimum Gasteiger partial charge on any atom is -0.349 e. The maximum atomic E-state index is 11.6. The molecule has 1 atom stereocenters. The van der Waals surface area contributed by atoms with Crippen LogP contribution in [0.1, 0.15) is 23.7 Å². The maximum Gasteiger partial charge on any atom is 0.251 e. The molecule has 0 bridgehead atoms. The Morgan fingerprint density at radius 2 is 2.53 bits per heavy atom. The fourth-order valence-corrected chi connectivity index (χ4v) is 1.25. The molecular weight excluding hydrogens is 212 g/mol. The molecule has 3 nitrogen and oxygen atoms in total. The largest absolute Gasteiger partial charge is 0.349 e. The van der Waals surface area contributed by atoms with Gasteiger partial charge in [-0.2, -0.15) is 0 Å².